The number of furan rings is 2. The van der Waals surface area contributed by atoms with Crippen molar-refractivity contribution >= 4 is 129 Å². The van der Waals surface area contributed by atoms with Crippen LogP contribution in [0.15, 0.2) is 294 Å². The zero-order valence-electron chi connectivity index (χ0n) is 42.3. The van der Waals surface area contributed by atoms with E-state index in [1.54, 1.807) is 0 Å². The summed E-state index contributed by atoms with van der Waals surface area (Å²) in [7, 11) is -3.40. The van der Waals surface area contributed by atoms with E-state index < -0.39 is 8.07 Å². The van der Waals surface area contributed by atoms with Gasteiger partial charge in [0.25, 0.3) is 0 Å². The fraction of sp³-hybridized carbons (Fsp3) is 0. The van der Waals surface area contributed by atoms with Crippen LogP contribution in [-0.4, -0.2) is 12.6 Å². The lowest BCUT2D eigenvalue weighted by Crippen LogP contribution is -2.77. The van der Waals surface area contributed by atoms with Gasteiger partial charge in [-0.3, -0.25) is 0 Å². The highest BCUT2D eigenvalue weighted by Crippen LogP contribution is 2.44. The van der Waals surface area contributed by atoms with Gasteiger partial charge in [0.05, 0.1) is 11.0 Å². The average molecular weight is 1010 g/mol. The van der Waals surface area contributed by atoms with E-state index in [1.165, 1.54) is 48.1 Å². The fourth-order valence-electron chi connectivity index (χ4n) is 12.8. The Balaban J connectivity index is 0.976. The zero-order chi connectivity index (χ0) is 51.3. The quantitative estimate of drug-likeness (QED) is 0.142. The maximum absolute atomic E-state index is 6.83. The number of fused-ring (bicyclic) bond motifs is 11. The molecule has 78 heavy (non-hydrogen) atoms. The van der Waals surface area contributed by atoms with Gasteiger partial charge < -0.3 is 23.2 Å². The Hall–Kier alpha value is -10.1. The van der Waals surface area contributed by atoms with Crippen LogP contribution in [-0.2, 0) is 0 Å². The summed E-state index contributed by atoms with van der Waals surface area (Å²) in [5, 5.41) is 11.9. The van der Waals surface area contributed by atoms with Gasteiger partial charge in [0.1, 0.15) is 22.3 Å². The molecule has 3 aromatic heterocycles. The van der Waals surface area contributed by atoms with Crippen LogP contribution >= 0.6 is 0 Å². The van der Waals surface area contributed by atoms with Gasteiger partial charge in [0.15, 0.2) is 8.07 Å². The largest absolute Gasteiger partial charge is 0.456 e. The molecule has 0 aliphatic carbocycles. The standard InChI is InChI=1S/C72H47N3O2Si/c1-3-17-48(18-4-1)49-31-33-51(34-32-49)73(52-35-37-53(38-36-52)74-63-25-11-7-21-57(63)58-22-8-12-26-64(58)74)54-39-44-66-72(45-54)78(55-40-42-61-59-23-9-14-28-67(59)76-69(61)46-55,56-41-43-62-60-24-10-15-29-68(60)77-70(62)47-56)71-30-16-13-27-65(71)75(66)50-19-5-2-6-20-50/h1-47H. The smallest absolute Gasteiger partial charge is 0.184 e. The molecule has 366 valence electrons. The van der Waals surface area contributed by atoms with Crippen molar-refractivity contribution in [3.63, 3.8) is 0 Å². The second-order valence-corrected chi connectivity index (χ2v) is 24.1. The first kappa shape index (κ1) is 44.2. The molecule has 0 unspecified atom stereocenters. The average Bonchev–Trinajstić information content (AvgIpc) is 4.31. The SMILES string of the molecule is c1ccc(-c2ccc(N(c3ccc(-n4c5ccccc5c5ccccc54)cc3)c3ccc4c(c3)[Si](c3ccc5c(c3)oc3ccccc35)(c3ccc5c(c3)oc3ccccc35)c3ccccc3N4c3ccccc3)cc2)cc1. The van der Waals surface area contributed by atoms with Gasteiger partial charge in [-0.25, -0.2) is 0 Å². The van der Waals surface area contributed by atoms with Crippen molar-refractivity contribution in [1.82, 2.24) is 4.57 Å². The molecule has 0 saturated carbocycles. The van der Waals surface area contributed by atoms with Crippen molar-refractivity contribution in [2.75, 3.05) is 9.80 Å². The molecule has 0 N–H and O–H groups in total. The van der Waals surface area contributed by atoms with Crippen molar-refractivity contribution in [3.05, 3.63) is 285 Å². The van der Waals surface area contributed by atoms with Gasteiger partial charge in [-0.1, -0.05) is 176 Å². The maximum atomic E-state index is 6.83. The van der Waals surface area contributed by atoms with E-state index in [4.69, 9.17) is 8.83 Å². The summed E-state index contributed by atoms with van der Waals surface area (Å²) >= 11 is 0. The zero-order valence-corrected chi connectivity index (χ0v) is 43.3. The molecule has 5 nitrogen and oxygen atoms in total. The molecule has 1 aliphatic heterocycles. The Morgan fingerprint density at radius 3 is 1.37 bits per heavy atom. The predicted octanol–water partition coefficient (Wildman–Crippen LogP) is 16.9. The second-order valence-electron chi connectivity index (χ2n) is 20.4. The molecular weight excluding hydrogens is 967 g/mol. The van der Waals surface area contributed by atoms with Gasteiger partial charge >= 0.3 is 0 Å². The van der Waals surface area contributed by atoms with Crippen LogP contribution in [0.3, 0.4) is 0 Å². The van der Waals surface area contributed by atoms with Gasteiger partial charge in [0, 0.05) is 72.1 Å². The summed E-state index contributed by atoms with van der Waals surface area (Å²) in [5.41, 5.74) is 15.8. The first-order valence-electron chi connectivity index (χ1n) is 26.6. The molecule has 0 amide bonds. The van der Waals surface area contributed by atoms with Crippen LogP contribution in [0.5, 0.6) is 0 Å². The number of nitrogens with zero attached hydrogens (tertiary/aromatic N) is 3. The van der Waals surface area contributed by atoms with E-state index in [0.29, 0.717) is 0 Å². The van der Waals surface area contributed by atoms with Crippen molar-refractivity contribution in [2.45, 2.75) is 0 Å². The third-order valence-corrected chi connectivity index (χ3v) is 21.0. The van der Waals surface area contributed by atoms with Crippen molar-refractivity contribution in [1.29, 1.82) is 0 Å². The Bertz CT molecular complexity index is 4640. The molecule has 15 aromatic rings. The Morgan fingerprint density at radius 1 is 0.295 bits per heavy atom. The molecule has 0 radical (unpaired) electrons. The predicted molar refractivity (Wildman–Crippen MR) is 327 cm³/mol. The molecule has 16 rings (SSSR count). The molecule has 12 aromatic carbocycles. The lowest BCUT2D eigenvalue weighted by Gasteiger charge is -2.45. The van der Waals surface area contributed by atoms with E-state index in [0.717, 1.165) is 89.3 Å². The molecule has 6 heteroatoms. The minimum atomic E-state index is -3.40. The Morgan fingerprint density at radius 2 is 0.756 bits per heavy atom. The molecule has 0 fully saturated rings. The highest BCUT2D eigenvalue weighted by molar-refractivity contribution is 7.21. The second kappa shape index (κ2) is 17.5. The Labute approximate surface area is 451 Å². The molecule has 1 aliphatic rings. The minimum absolute atomic E-state index is 0.870. The number of benzene rings is 12. The van der Waals surface area contributed by atoms with E-state index >= 15 is 0 Å². The van der Waals surface area contributed by atoms with Crippen molar-refractivity contribution < 1.29 is 8.83 Å². The summed E-state index contributed by atoms with van der Waals surface area (Å²) in [6.45, 7) is 0. The highest BCUT2D eigenvalue weighted by Gasteiger charge is 2.50. The Kier molecular flexibility index (Phi) is 9.89. The molecule has 0 spiro atoms. The van der Waals surface area contributed by atoms with Gasteiger partial charge in [-0.15, -0.1) is 0 Å². The lowest BCUT2D eigenvalue weighted by atomic mass is 10.0. The van der Waals surface area contributed by atoms with Crippen LogP contribution in [0, 0.1) is 0 Å². The van der Waals surface area contributed by atoms with E-state index in [-0.39, 0.29) is 0 Å². The van der Waals surface area contributed by atoms with Gasteiger partial charge in [-0.2, -0.15) is 0 Å². The number of rotatable bonds is 8. The molecule has 0 saturated heterocycles. The highest BCUT2D eigenvalue weighted by atomic mass is 28.3. The number of para-hydroxylation sites is 6. The summed E-state index contributed by atoms with van der Waals surface area (Å²) < 4.78 is 16.0. The van der Waals surface area contributed by atoms with Crippen LogP contribution in [0.25, 0.3) is 82.5 Å². The topological polar surface area (TPSA) is 37.7 Å². The van der Waals surface area contributed by atoms with E-state index in [2.05, 4.69) is 299 Å². The molecular formula is C72H47N3O2Si. The van der Waals surface area contributed by atoms with E-state index in [1.807, 2.05) is 0 Å². The van der Waals surface area contributed by atoms with Crippen molar-refractivity contribution in [3.8, 4) is 16.8 Å². The first-order chi connectivity index (χ1) is 38.7. The first-order valence-corrected chi connectivity index (χ1v) is 28.6. The number of hydrogen-bond donors (Lipinski definition) is 0. The summed E-state index contributed by atoms with van der Waals surface area (Å²) in [4.78, 5) is 4.90. The molecule has 0 atom stereocenters. The van der Waals surface area contributed by atoms with Crippen LogP contribution in [0.1, 0.15) is 0 Å². The monoisotopic (exact) mass is 1010 g/mol. The summed E-state index contributed by atoms with van der Waals surface area (Å²) in [6.07, 6.45) is 0. The third-order valence-electron chi connectivity index (χ3n) is 16.2. The fourth-order valence-corrected chi connectivity index (χ4v) is 17.9. The normalized spacial score (nSPS) is 12.9. The number of aromatic nitrogens is 1. The van der Waals surface area contributed by atoms with Gasteiger partial charge in [-0.05, 0) is 141 Å². The van der Waals surface area contributed by atoms with Crippen molar-refractivity contribution in [2.24, 2.45) is 0 Å². The van der Waals surface area contributed by atoms with Crippen LogP contribution < -0.4 is 30.5 Å². The van der Waals surface area contributed by atoms with E-state index in [9.17, 15) is 0 Å². The lowest BCUT2D eigenvalue weighted by molar-refractivity contribution is 0.669. The molecule has 0 bridgehead atoms. The molecule has 4 heterocycles. The number of anilines is 6. The summed E-state index contributed by atoms with van der Waals surface area (Å²) in [5.74, 6) is 0. The maximum Gasteiger partial charge on any atom is 0.184 e. The number of hydrogen-bond acceptors (Lipinski definition) is 4. The minimum Gasteiger partial charge on any atom is -0.456 e. The van der Waals surface area contributed by atoms with Crippen LogP contribution in [0.2, 0.25) is 0 Å². The third kappa shape index (κ3) is 6.67. The van der Waals surface area contributed by atoms with Gasteiger partial charge in [0.2, 0.25) is 0 Å². The summed E-state index contributed by atoms with van der Waals surface area (Å²) in [6, 6.07) is 104. The van der Waals surface area contributed by atoms with Crippen LogP contribution in [0.4, 0.5) is 34.1 Å².